The summed E-state index contributed by atoms with van der Waals surface area (Å²) in [5.74, 6) is 0.676. The minimum atomic E-state index is -0.0514. The number of likely N-dealkylation sites (tertiary alicyclic amines) is 1. The maximum absolute atomic E-state index is 12.6. The highest BCUT2D eigenvalue weighted by Crippen LogP contribution is 2.21. The van der Waals surface area contributed by atoms with Crippen LogP contribution in [-0.4, -0.2) is 51.4 Å². The predicted octanol–water partition coefficient (Wildman–Crippen LogP) is 0.400. The van der Waals surface area contributed by atoms with E-state index in [1.54, 1.807) is 16.6 Å². The molecule has 1 fully saturated rings. The molecule has 6 heteroatoms. The number of nitrogens with zero attached hydrogens (tertiary/aromatic N) is 3. The number of aryl methyl sites for hydroxylation is 1. The molecule has 0 aliphatic carbocycles. The Bertz CT molecular complexity index is 498. The first kappa shape index (κ1) is 16.0. The van der Waals surface area contributed by atoms with E-state index in [0.717, 1.165) is 12.1 Å². The molecule has 1 aliphatic heterocycles. The lowest BCUT2D eigenvalue weighted by Gasteiger charge is -2.15. The summed E-state index contributed by atoms with van der Waals surface area (Å²) in [4.78, 5) is 14.4. The molecule has 1 aliphatic rings. The highest BCUT2D eigenvalue weighted by Gasteiger charge is 2.33. The molecule has 2 heterocycles. The van der Waals surface area contributed by atoms with E-state index < -0.39 is 0 Å². The molecule has 21 heavy (non-hydrogen) atoms. The third kappa shape index (κ3) is 3.63. The summed E-state index contributed by atoms with van der Waals surface area (Å²) < 4.78 is 1.66. The van der Waals surface area contributed by atoms with Crippen molar-refractivity contribution in [2.75, 3.05) is 19.7 Å². The van der Waals surface area contributed by atoms with Crippen LogP contribution in [0.15, 0.2) is 6.07 Å². The second kappa shape index (κ2) is 6.58. The van der Waals surface area contributed by atoms with E-state index in [2.05, 4.69) is 18.9 Å². The average molecular weight is 294 g/mol. The number of hydrogen-bond acceptors (Lipinski definition) is 4. The van der Waals surface area contributed by atoms with Gasteiger partial charge in [-0.1, -0.05) is 13.8 Å². The fourth-order valence-electron chi connectivity index (χ4n) is 2.94. The van der Waals surface area contributed by atoms with Gasteiger partial charge in [0, 0.05) is 32.8 Å². The summed E-state index contributed by atoms with van der Waals surface area (Å²) in [7, 11) is 1.80. The average Bonchev–Trinajstić information content (AvgIpc) is 2.93. The molecule has 1 aromatic heterocycles. The third-order valence-electron chi connectivity index (χ3n) is 4.05. The molecule has 2 rings (SSSR count). The SMILES string of the molecule is CC(C)Cc1cc(C(=O)N2C[C@@H](CCO)[C@H](N)C2)n(C)n1. The van der Waals surface area contributed by atoms with Crippen LogP contribution in [0, 0.1) is 11.8 Å². The normalized spacial score (nSPS) is 22.3. The van der Waals surface area contributed by atoms with Gasteiger partial charge in [0.2, 0.25) is 0 Å². The van der Waals surface area contributed by atoms with Crippen LogP contribution in [0.4, 0.5) is 0 Å². The fraction of sp³-hybridized carbons (Fsp3) is 0.733. The zero-order valence-corrected chi connectivity index (χ0v) is 13.1. The van der Waals surface area contributed by atoms with Gasteiger partial charge in [0.15, 0.2) is 0 Å². The summed E-state index contributed by atoms with van der Waals surface area (Å²) in [6, 6.07) is 1.83. The van der Waals surface area contributed by atoms with E-state index in [1.807, 2.05) is 6.07 Å². The first-order valence-corrected chi connectivity index (χ1v) is 7.61. The Morgan fingerprint density at radius 2 is 2.24 bits per heavy atom. The second-order valence-corrected chi connectivity index (χ2v) is 6.39. The maximum atomic E-state index is 12.6. The molecule has 6 nitrogen and oxygen atoms in total. The summed E-state index contributed by atoms with van der Waals surface area (Å²) in [6.07, 6.45) is 1.52. The van der Waals surface area contributed by atoms with E-state index in [4.69, 9.17) is 10.8 Å². The van der Waals surface area contributed by atoms with E-state index in [-0.39, 0.29) is 24.5 Å². The summed E-state index contributed by atoms with van der Waals surface area (Å²) >= 11 is 0. The van der Waals surface area contributed by atoms with Crippen LogP contribution in [0.25, 0.3) is 0 Å². The molecule has 0 radical (unpaired) electrons. The highest BCUT2D eigenvalue weighted by atomic mass is 16.3. The number of carbonyl (C=O) groups is 1. The maximum Gasteiger partial charge on any atom is 0.272 e. The van der Waals surface area contributed by atoms with E-state index in [9.17, 15) is 4.79 Å². The minimum absolute atomic E-state index is 0.0177. The van der Waals surface area contributed by atoms with Gasteiger partial charge in [0.1, 0.15) is 5.69 Å². The van der Waals surface area contributed by atoms with Crippen LogP contribution in [0.2, 0.25) is 0 Å². The van der Waals surface area contributed by atoms with Crippen molar-refractivity contribution in [2.45, 2.75) is 32.7 Å². The zero-order valence-electron chi connectivity index (χ0n) is 13.1. The quantitative estimate of drug-likeness (QED) is 0.823. The Labute approximate surface area is 125 Å². The monoisotopic (exact) mass is 294 g/mol. The third-order valence-corrected chi connectivity index (χ3v) is 4.05. The van der Waals surface area contributed by atoms with Crippen molar-refractivity contribution in [1.82, 2.24) is 14.7 Å². The lowest BCUT2D eigenvalue weighted by Crippen LogP contribution is -2.33. The van der Waals surface area contributed by atoms with E-state index in [0.29, 0.717) is 31.1 Å². The summed E-state index contributed by atoms with van der Waals surface area (Å²) in [5.41, 5.74) is 7.62. The van der Waals surface area contributed by atoms with Crippen molar-refractivity contribution in [3.05, 3.63) is 17.5 Å². The van der Waals surface area contributed by atoms with Crippen molar-refractivity contribution in [3.63, 3.8) is 0 Å². The largest absolute Gasteiger partial charge is 0.396 e. The van der Waals surface area contributed by atoms with Crippen molar-refractivity contribution in [2.24, 2.45) is 24.6 Å². The molecule has 0 aromatic carbocycles. The smallest absolute Gasteiger partial charge is 0.272 e. The van der Waals surface area contributed by atoms with Gasteiger partial charge in [0.05, 0.1) is 5.69 Å². The first-order chi connectivity index (χ1) is 9.92. The molecule has 0 saturated carbocycles. The van der Waals surface area contributed by atoms with Gasteiger partial charge in [-0.25, -0.2) is 0 Å². The summed E-state index contributed by atoms with van der Waals surface area (Å²) in [5, 5.41) is 13.5. The lowest BCUT2D eigenvalue weighted by molar-refractivity contribution is 0.0773. The van der Waals surface area contributed by atoms with Gasteiger partial charge in [-0.05, 0) is 30.7 Å². The van der Waals surface area contributed by atoms with Crippen LogP contribution in [-0.2, 0) is 13.5 Å². The van der Waals surface area contributed by atoms with Gasteiger partial charge < -0.3 is 15.7 Å². The van der Waals surface area contributed by atoms with Crippen LogP contribution in [0.1, 0.15) is 36.5 Å². The second-order valence-electron chi connectivity index (χ2n) is 6.39. The van der Waals surface area contributed by atoms with Gasteiger partial charge >= 0.3 is 0 Å². The Balaban J connectivity index is 2.08. The van der Waals surface area contributed by atoms with Gasteiger partial charge in [-0.3, -0.25) is 9.48 Å². The molecular weight excluding hydrogens is 268 g/mol. The standard InChI is InChI=1S/C15H26N4O2/c1-10(2)6-12-7-14(18(3)17-12)15(21)19-8-11(4-5-20)13(16)9-19/h7,10-11,13,20H,4-6,8-9,16H2,1-3H3/t11-,13-/m1/s1. The number of hydrogen-bond donors (Lipinski definition) is 2. The van der Waals surface area contributed by atoms with E-state index >= 15 is 0 Å². The summed E-state index contributed by atoms with van der Waals surface area (Å²) in [6.45, 7) is 5.55. The predicted molar refractivity (Wildman–Crippen MR) is 80.8 cm³/mol. The van der Waals surface area contributed by atoms with Crippen LogP contribution >= 0.6 is 0 Å². The molecule has 2 atom stereocenters. The zero-order chi connectivity index (χ0) is 15.6. The molecule has 118 valence electrons. The van der Waals surface area contributed by atoms with Gasteiger partial charge in [0.25, 0.3) is 5.91 Å². The Morgan fingerprint density at radius 1 is 1.52 bits per heavy atom. The molecule has 1 aromatic rings. The first-order valence-electron chi connectivity index (χ1n) is 7.61. The number of rotatable bonds is 5. The van der Waals surface area contributed by atoms with E-state index in [1.165, 1.54) is 0 Å². The number of carbonyl (C=O) groups excluding carboxylic acids is 1. The molecule has 0 unspecified atom stereocenters. The number of aliphatic hydroxyl groups is 1. The molecule has 1 saturated heterocycles. The Hall–Kier alpha value is -1.40. The molecule has 3 N–H and O–H groups in total. The Morgan fingerprint density at radius 3 is 2.86 bits per heavy atom. The number of aromatic nitrogens is 2. The van der Waals surface area contributed by atoms with Crippen molar-refractivity contribution in [1.29, 1.82) is 0 Å². The molecule has 0 bridgehead atoms. The number of nitrogens with two attached hydrogens (primary N) is 1. The lowest BCUT2D eigenvalue weighted by atomic mass is 10.0. The molecular formula is C15H26N4O2. The van der Waals surface area contributed by atoms with Crippen LogP contribution in [0.3, 0.4) is 0 Å². The van der Waals surface area contributed by atoms with Crippen LogP contribution < -0.4 is 5.73 Å². The minimum Gasteiger partial charge on any atom is -0.396 e. The number of amides is 1. The van der Waals surface area contributed by atoms with Crippen molar-refractivity contribution < 1.29 is 9.90 Å². The number of aliphatic hydroxyl groups excluding tert-OH is 1. The topological polar surface area (TPSA) is 84.4 Å². The van der Waals surface area contributed by atoms with Gasteiger partial charge in [-0.15, -0.1) is 0 Å². The highest BCUT2D eigenvalue weighted by molar-refractivity contribution is 5.93. The van der Waals surface area contributed by atoms with Gasteiger partial charge in [-0.2, -0.15) is 5.10 Å². The van der Waals surface area contributed by atoms with Crippen LogP contribution in [0.5, 0.6) is 0 Å². The van der Waals surface area contributed by atoms with Crippen molar-refractivity contribution in [3.8, 4) is 0 Å². The Kier molecular flexibility index (Phi) is 5.00. The molecule has 0 spiro atoms. The molecule has 1 amide bonds. The fourth-order valence-corrected chi connectivity index (χ4v) is 2.94. The van der Waals surface area contributed by atoms with Crippen molar-refractivity contribution >= 4 is 5.91 Å².